The van der Waals surface area contributed by atoms with Crippen molar-refractivity contribution in [3.63, 3.8) is 0 Å². The number of hydrogen-bond acceptors (Lipinski definition) is 3. The normalized spacial score (nSPS) is 13.5. The zero-order valence-electron chi connectivity index (χ0n) is 9.71. The molecule has 0 radical (unpaired) electrons. The number of methoxy groups -OCH3 is 1. The predicted octanol–water partition coefficient (Wildman–Crippen LogP) is 2.94. The smallest absolute Gasteiger partial charge is 0.383 e. The number of pyridine rings is 1. The Morgan fingerprint density at radius 3 is 2.71 bits per heavy atom. The van der Waals surface area contributed by atoms with Gasteiger partial charge in [0.25, 0.3) is 0 Å². The fourth-order valence-corrected chi connectivity index (χ4v) is 1.36. The highest BCUT2D eigenvalue weighted by molar-refractivity contribution is 5.39. The summed E-state index contributed by atoms with van der Waals surface area (Å²) >= 11 is 0. The third-order valence-corrected chi connectivity index (χ3v) is 2.30. The summed E-state index contributed by atoms with van der Waals surface area (Å²) in [6.45, 7) is 2.35. The first-order chi connectivity index (χ1) is 7.97. The predicted molar refractivity (Wildman–Crippen MR) is 58.8 cm³/mol. The number of ether oxygens (including phenoxy) is 1. The lowest BCUT2D eigenvalue weighted by Gasteiger charge is -2.17. The van der Waals surface area contributed by atoms with E-state index < -0.39 is 11.7 Å². The molecule has 0 aliphatic heterocycles. The molecule has 1 heterocycles. The highest BCUT2D eigenvalue weighted by Crippen LogP contribution is 2.30. The highest BCUT2D eigenvalue weighted by Gasteiger charge is 2.30. The van der Waals surface area contributed by atoms with Gasteiger partial charge < -0.3 is 10.1 Å². The minimum Gasteiger partial charge on any atom is -0.383 e. The molecule has 1 N–H and O–H groups in total. The van der Waals surface area contributed by atoms with Crippen LogP contribution in [0.5, 0.6) is 0 Å². The Morgan fingerprint density at radius 1 is 1.47 bits per heavy atom. The summed E-state index contributed by atoms with van der Waals surface area (Å²) in [5.41, 5.74) is -0.706. The molecule has 0 aromatic carbocycles. The van der Waals surface area contributed by atoms with Gasteiger partial charge in [0.15, 0.2) is 0 Å². The maximum atomic E-state index is 12.5. The Bertz CT molecular complexity index is 355. The van der Waals surface area contributed by atoms with E-state index in [9.17, 15) is 13.2 Å². The van der Waals surface area contributed by atoms with Crippen LogP contribution >= 0.6 is 0 Å². The quantitative estimate of drug-likeness (QED) is 0.869. The lowest BCUT2D eigenvalue weighted by atomic mass is 10.2. The molecule has 1 atom stereocenters. The van der Waals surface area contributed by atoms with Gasteiger partial charge in [-0.25, -0.2) is 4.98 Å². The average Bonchev–Trinajstić information content (AvgIpc) is 2.28. The van der Waals surface area contributed by atoms with Crippen molar-refractivity contribution >= 4 is 5.82 Å². The van der Waals surface area contributed by atoms with Crippen molar-refractivity contribution in [2.45, 2.75) is 25.6 Å². The Balaban J connectivity index is 2.78. The molecule has 0 bridgehead atoms. The van der Waals surface area contributed by atoms with Gasteiger partial charge in [0.1, 0.15) is 5.82 Å². The average molecular weight is 248 g/mol. The fraction of sp³-hybridized carbons (Fsp3) is 0.545. The second-order valence-electron chi connectivity index (χ2n) is 3.63. The maximum absolute atomic E-state index is 12.5. The van der Waals surface area contributed by atoms with Crippen LogP contribution in [-0.2, 0) is 10.9 Å². The molecule has 0 aliphatic carbocycles. The van der Waals surface area contributed by atoms with E-state index in [2.05, 4.69) is 10.3 Å². The van der Waals surface area contributed by atoms with Gasteiger partial charge in [-0.15, -0.1) is 0 Å². The molecule has 0 amide bonds. The molecule has 3 nitrogen and oxygen atoms in total. The summed E-state index contributed by atoms with van der Waals surface area (Å²) < 4.78 is 42.3. The number of rotatable bonds is 5. The summed E-state index contributed by atoms with van der Waals surface area (Å²) in [6.07, 6.45) is -2.46. The second-order valence-corrected chi connectivity index (χ2v) is 3.63. The molecule has 0 fully saturated rings. The van der Waals surface area contributed by atoms with Crippen LogP contribution in [0.15, 0.2) is 18.3 Å². The van der Waals surface area contributed by atoms with E-state index in [0.717, 1.165) is 24.8 Å². The van der Waals surface area contributed by atoms with E-state index in [4.69, 9.17) is 4.74 Å². The van der Waals surface area contributed by atoms with Gasteiger partial charge in [0.05, 0.1) is 18.2 Å². The van der Waals surface area contributed by atoms with Crippen molar-refractivity contribution in [1.29, 1.82) is 0 Å². The van der Waals surface area contributed by atoms with Crippen LogP contribution in [0.2, 0.25) is 0 Å². The first-order valence-electron chi connectivity index (χ1n) is 5.26. The third-order valence-electron chi connectivity index (χ3n) is 2.30. The third kappa shape index (κ3) is 4.22. The Morgan fingerprint density at radius 2 is 2.18 bits per heavy atom. The van der Waals surface area contributed by atoms with Gasteiger partial charge in [-0.1, -0.05) is 6.92 Å². The molecule has 96 valence electrons. The topological polar surface area (TPSA) is 34.1 Å². The second kappa shape index (κ2) is 5.86. The van der Waals surface area contributed by atoms with Crippen LogP contribution in [-0.4, -0.2) is 24.7 Å². The summed E-state index contributed by atoms with van der Waals surface area (Å²) in [6, 6.07) is 1.90. The number of nitrogens with zero attached hydrogens (tertiary/aromatic N) is 1. The molecule has 0 saturated heterocycles. The van der Waals surface area contributed by atoms with Gasteiger partial charge >= 0.3 is 6.18 Å². The lowest BCUT2D eigenvalue weighted by Crippen LogP contribution is -2.24. The van der Waals surface area contributed by atoms with Crippen molar-refractivity contribution < 1.29 is 17.9 Å². The van der Waals surface area contributed by atoms with E-state index in [0.29, 0.717) is 6.61 Å². The summed E-state index contributed by atoms with van der Waals surface area (Å²) in [4.78, 5) is 3.86. The Kier molecular flexibility index (Phi) is 4.74. The van der Waals surface area contributed by atoms with E-state index in [1.165, 1.54) is 0 Å². The van der Waals surface area contributed by atoms with E-state index in [-0.39, 0.29) is 11.9 Å². The van der Waals surface area contributed by atoms with Crippen LogP contribution in [0.3, 0.4) is 0 Å². The molecular weight excluding hydrogens is 233 g/mol. The van der Waals surface area contributed by atoms with Crippen molar-refractivity contribution in [3.8, 4) is 0 Å². The van der Waals surface area contributed by atoms with Gasteiger partial charge in [-0.05, 0) is 18.6 Å². The SMILES string of the molecule is CCC(COC)Nc1cc(C(F)(F)F)ccn1. The standard InChI is InChI=1S/C11H15F3N2O/c1-3-9(7-17-2)16-10-6-8(4-5-15-10)11(12,13)14/h4-6,9H,3,7H2,1-2H3,(H,15,16). The summed E-state index contributed by atoms with van der Waals surface area (Å²) in [5.74, 6) is 0.212. The molecule has 1 unspecified atom stereocenters. The molecule has 0 spiro atoms. The molecule has 1 aromatic rings. The van der Waals surface area contributed by atoms with Crippen molar-refractivity contribution in [2.24, 2.45) is 0 Å². The lowest BCUT2D eigenvalue weighted by molar-refractivity contribution is -0.137. The zero-order valence-corrected chi connectivity index (χ0v) is 9.71. The first-order valence-corrected chi connectivity index (χ1v) is 5.26. The molecular formula is C11H15F3N2O. The molecule has 0 aliphatic rings. The minimum atomic E-state index is -4.34. The number of aromatic nitrogens is 1. The van der Waals surface area contributed by atoms with Crippen LogP contribution in [0.1, 0.15) is 18.9 Å². The van der Waals surface area contributed by atoms with Crippen molar-refractivity contribution in [1.82, 2.24) is 4.98 Å². The number of hydrogen-bond donors (Lipinski definition) is 1. The Hall–Kier alpha value is -1.30. The minimum absolute atomic E-state index is 0.0454. The van der Waals surface area contributed by atoms with Crippen LogP contribution in [0.25, 0.3) is 0 Å². The molecule has 1 aromatic heterocycles. The van der Waals surface area contributed by atoms with Crippen LogP contribution in [0, 0.1) is 0 Å². The van der Waals surface area contributed by atoms with Gasteiger partial charge in [0.2, 0.25) is 0 Å². The molecule has 6 heteroatoms. The van der Waals surface area contributed by atoms with Gasteiger partial charge in [-0.2, -0.15) is 13.2 Å². The van der Waals surface area contributed by atoms with Crippen molar-refractivity contribution in [3.05, 3.63) is 23.9 Å². The van der Waals surface area contributed by atoms with E-state index in [1.54, 1.807) is 7.11 Å². The number of alkyl halides is 3. The zero-order chi connectivity index (χ0) is 12.9. The molecule has 1 rings (SSSR count). The first kappa shape index (κ1) is 13.8. The van der Waals surface area contributed by atoms with Crippen molar-refractivity contribution in [2.75, 3.05) is 19.0 Å². The summed E-state index contributed by atoms with van der Waals surface area (Å²) in [5, 5.41) is 2.91. The summed E-state index contributed by atoms with van der Waals surface area (Å²) in [7, 11) is 1.55. The largest absolute Gasteiger partial charge is 0.416 e. The highest BCUT2D eigenvalue weighted by atomic mass is 19.4. The molecule has 0 saturated carbocycles. The fourth-order valence-electron chi connectivity index (χ4n) is 1.36. The number of nitrogens with one attached hydrogen (secondary N) is 1. The number of halogens is 3. The van der Waals surface area contributed by atoms with Gasteiger partial charge in [0, 0.05) is 13.3 Å². The van der Waals surface area contributed by atoms with Crippen LogP contribution < -0.4 is 5.32 Å². The van der Waals surface area contributed by atoms with E-state index >= 15 is 0 Å². The van der Waals surface area contributed by atoms with Gasteiger partial charge in [-0.3, -0.25) is 0 Å². The Labute approximate surface area is 98.0 Å². The van der Waals surface area contributed by atoms with E-state index in [1.807, 2.05) is 6.92 Å². The van der Waals surface area contributed by atoms with Crippen LogP contribution in [0.4, 0.5) is 19.0 Å². The monoisotopic (exact) mass is 248 g/mol. The number of anilines is 1. The maximum Gasteiger partial charge on any atom is 0.416 e. The molecule has 17 heavy (non-hydrogen) atoms.